The van der Waals surface area contributed by atoms with E-state index in [4.69, 9.17) is 5.11 Å². The molecule has 0 aromatic heterocycles. The lowest BCUT2D eigenvalue weighted by Crippen LogP contribution is -2.31. The van der Waals surface area contributed by atoms with Crippen molar-refractivity contribution in [1.29, 1.82) is 5.26 Å². The summed E-state index contributed by atoms with van der Waals surface area (Å²) in [7, 11) is 0. The van der Waals surface area contributed by atoms with Crippen LogP contribution in [0, 0.1) is 17.2 Å². The molecule has 152 valence electrons. The first-order valence-corrected chi connectivity index (χ1v) is 11.0. The van der Waals surface area contributed by atoms with Gasteiger partial charge >= 0.3 is 5.97 Å². The summed E-state index contributed by atoms with van der Waals surface area (Å²) in [5.74, 6) is -0.631. The number of hydrogen-bond donors (Lipinski definition) is 1. The van der Waals surface area contributed by atoms with Gasteiger partial charge in [-0.25, -0.2) is 0 Å². The van der Waals surface area contributed by atoms with E-state index in [1.165, 1.54) is 36.8 Å². The van der Waals surface area contributed by atoms with Crippen LogP contribution in [0.1, 0.15) is 80.9 Å². The maximum absolute atomic E-state index is 10.4. The summed E-state index contributed by atoms with van der Waals surface area (Å²) >= 11 is 0. The van der Waals surface area contributed by atoms with E-state index in [2.05, 4.69) is 48.5 Å². The van der Waals surface area contributed by atoms with Gasteiger partial charge in [0.1, 0.15) is 0 Å². The van der Waals surface area contributed by atoms with Crippen LogP contribution in [0.25, 0.3) is 0 Å². The average Bonchev–Trinajstić information content (AvgIpc) is 2.81. The number of aliphatic carboxylic acids is 1. The summed E-state index contributed by atoms with van der Waals surface area (Å²) in [5, 5.41) is 18.0. The summed E-state index contributed by atoms with van der Waals surface area (Å²) in [6.45, 7) is 0. The number of benzene rings is 2. The molecular formula is C26H31NO2. The first-order chi connectivity index (χ1) is 14.2. The van der Waals surface area contributed by atoms with Gasteiger partial charge in [0, 0.05) is 5.41 Å². The van der Waals surface area contributed by atoms with E-state index in [1.54, 1.807) is 0 Å². The Morgan fingerprint density at radius 3 is 2.03 bits per heavy atom. The van der Waals surface area contributed by atoms with Crippen molar-refractivity contribution in [1.82, 2.24) is 0 Å². The lowest BCUT2D eigenvalue weighted by atomic mass is 9.64. The Morgan fingerprint density at radius 1 is 0.862 bits per heavy atom. The van der Waals surface area contributed by atoms with Crippen LogP contribution in [0.2, 0.25) is 0 Å². The van der Waals surface area contributed by atoms with Crippen molar-refractivity contribution in [2.45, 2.75) is 69.6 Å². The molecule has 2 aliphatic carbocycles. The van der Waals surface area contributed by atoms with Crippen molar-refractivity contribution < 1.29 is 9.90 Å². The third-order valence-corrected chi connectivity index (χ3v) is 6.55. The summed E-state index contributed by atoms with van der Waals surface area (Å²) in [5.41, 5.74) is 3.44. The minimum atomic E-state index is -0.602. The van der Waals surface area contributed by atoms with E-state index < -0.39 is 5.97 Å². The molecule has 3 heteroatoms. The van der Waals surface area contributed by atoms with E-state index in [1.807, 2.05) is 12.1 Å². The molecule has 0 aliphatic heterocycles. The number of hydrogen-bond acceptors (Lipinski definition) is 2. The first kappa shape index (κ1) is 21.1. The summed E-state index contributed by atoms with van der Waals surface area (Å²) in [6, 6.07) is 21.2. The number of carboxylic acid groups (broad SMARTS) is 1. The second-order valence-corrected chi connectivity index (χ2v) is 8.34. The average molecular weight is 390 g/mol. The molecule has 0 radical (unpaired) electrons. The predicted octanol–water partition coefficient (Wildman–Crippen LogP) is 6.46. The molecule has 2 aromatic carbocycles. The highest BCUT2D eigenvalue weighted by molar-refractivity contribution is 5.69. The van der Waals surface area contributed by atoms with E-state index in [0.29, 0.717) is 0 Å². The molecule has 0 amide bonds. The van der Waals surface area contributed by atoms with Gasteiger partial charge in [-0.1, -0.05) is 87.1 Å². The van der Waals surface area contributed by atoms with Crippen molar-refractivity contribution in [3.8, 4) is 6.07 Å². The van der Waals surface area contributed by atoms with Crippen LogP contribution in [0.4, 0.5) is 0 Å². The highest BCUT2D eigenvalue weighted by atomic mass is 16.4. The van der Waals surface area contributed by atoms with E-state index in [-0.39, 0.29) is 11.3 Å². The van der Waals surface area contributed by atoms with Crippen molar-refractivity contribution in [2.24, 2.45) is 5.92 Å². The molecule has 0 spiro atoms. The maximum atomic E-state index is 10.4. The highest BCUT2D eigenvalue weighted by Crippen LogP contribution is 2.45. The third-order valence-electron chi connectivity index (χ3n) is 6.55. The number of nitrogens with zero attached hydrogens (tertiary/aromatic N) is 1. The van der Waals surface area contributed by atoms with Gasteiger partial charge in [-0.3, -0.25) is 4.79 Å². The normalized spacial score (nSPS) is 18.7. The van der Waals surface area contributed by atoms with Gasteiger partial charge in [0.2, 0.25) is 0 Å². The van der Waals surface area contributed by atoms with Gasteiger partial charge in [0.15, 0.2) is 0 Å². The SMILES string of the molecule is N#Cc1ccccc1C1(c2ccccc2)CCCCC1.O=C(O)C1CCCCC1. The topological polar surface area (TPSA) is 61.1 Å². The summed E-state index contributed by atoms with van der Waals surface area (Å²) < 4.78 is 0. The van der Waals surface area contributed by atoms with Crippen LogP contribution in [0.3, 0.4) is 0 Å². The Hall–Kier alpha value is -2.60. The maximum Gasteiger partial charge on any atom is 0.306 e. The van der Waals surface area contributed by atoms with Crippen LogP contribution >= 0.6 is 0 Å². The van der Waals surface area contributed by atoms with Crippen LogP contribution < -0.4 is 0 Å². The molecule has 2 aliphatic rings. The molecule has 0 bridgehead atoms. The van der Waals surface area contributed by atoms with Crippen LogP contribution in [0.15, 0.2) is 54.6 Å². The van der Waals surface area contributed by atoms with E-state index in [0.717, 1.165) is 44.1 Å². The van der Waals surface area contributed by atoms with Crippen molar-refractivity contribution in [3.05, 3.63) is 71.3 Å². The van der Waals surface area contributed by atoms with Gasteiger partial charge in [-0.15, -0.1) is 0 Å². The number of carboxylic acids is 1. The largest absolute Gasteiger partial charge is 0.481 e. The van der Waals surface area contributed by atoms with Gasteiger partial charge < -0.3 is 5.11 Å². The van der Waals surface area contributed by atoms with Crippen LogP contribution in [-0.4, -0.2) is 11.1 Å². The smallest absolute Gasteiger partial charge is 0.306 e. The summed E-state index contributed by atoms with van der Waals surface area (Å²) in [6.07, 6.45) is 11.3. The Kier molecular flexibility index (Phi) is 7.47. The molecule has 2 fully saturated rings. The minimum Gasteiger partial charge on any atom is -0.481 e. The fraction of sp³-hybridized carbons (Fsp3) is 0.462. The Bertz CT molecular complexity index is 825. The van der Waals surface area contributed by atoms with Crippen molar-refractivity contribution in [2.75, 3.05) is 0 Å². The van der Waals surface area contributed by atoms with Gasteiger partial charge in [0.25, 0.3) is 0 Å². The second-order valence-electron chi connectivity index (χ2n) is 8.34. The number of rotatable bonds is 3. The quantitative estimate of drug-likeness (QED) is 0.655. The molecular weight excluding hydrogens is 358 g/mol. The summed E-state index contributed by atoms with van der Waals surface area (Å²) in [4.78, 5) is 10.4. The molecule has 3 nitrogen and oxygen atoms in total. The van der Waals surface area contributed by atoms with Crippen molar-refractivity contribution in [3.63, 3.8) is 0 Å². The van der Waals surface area contributed by atoms with Gasteiger partial charge in [-0.2, -0.15) is 5.26 Å². The second kappa shape index (κ2) is 10.3. The number of nitriles is 1. The van der Waals surface area contributed by atoms with Gasteiger partial charge in [0.05, 0.1) is 17.6 Å². The lowest BCUT2D eigenvalue weighted by molar-refractivity contribution is -0.142. The zero-order valence-electron chi connectivity index (χ0n) is 17.1. The zero-order chi connectivity index (χ0) is 20.5. The fourth-order valence-electron chi connectivity index (χ4n) is 4.97. The lowest BCUT2D eigenvalue weighted by Gasteiger charge is -2.39. The molecule has 29 heavy (non-hydrogen) atoms. The molecule has 0 saturated heterocycles. The molecule has 2 aromatic rings. The predicted molar refractivity (Wildman–Crippen MR) is 116 cm³/mol. The van der Waals surface area contributed by atoms with Crippen molar-refractivity contribution >= 4 is 5.97 Å². The van der Waals surface area contributed by atoms with E-state index >= 15 is 0 Å². The van der Waals surface area contributed by atoms with Crippen LogP contribution in [0.5, 0.6) is 0 Å². The monoisotopic (exact) mass is 389 g/mol. The van der Waals surface area contributed by atoms with E-state index in [9.17, 15) is 10.1 Å². The Morgan fingerprint density at radius 2 is 1.45 bits per heavy atom. The number of carbonyl (C=O) groups is 1. The molecule has 0 unspecified atom stereocenters. The minimum absolute atomic E-state index is 0.0289. The fourth-order valence-corrected chi connectivity index (χ4v) is 4.97. The molecule has 0 atom stereocenters. The van der Waals surface area contributed by atoms with Gasteiger partial charge in [-0.05, 0) is 42.9 Å². The molecule has 0 heterocycles. The Labute approximate surface area is 174 Å². The zero-order valence-corrected chi connectivity index (χ0v) is 17.1. The standard InChI is InChI=1S/C19H19N.C7H12O2/c20-15-16-9-5-6-12-18(16)19(13-7-2-8-14-19)17-10-3-1-4-11-17;8-7(9)6-4-2-1-3-5-6/h1,3-6,9-12H,2,7-8,13-14H2;6H,1-5H2,(H,8,9). The third kappa shape index (κ3) is 5.07. The molecule has 2 saturated carbocycles. The van der Waals surface area contributed by atoms with Crippen LogP contribution in [-0.2, 0) is 10.2 Å². The molecule has 1 N–H and O–H groups in total. The Balaban J connectivity index is 0.000000224. The molecule has 4 rings (SSSR count). The highest BCUT2D eigenvalue weighted by Gasteiger charge is 2.37. The first-order valence-electron chi connectivity index (χ1n) is 11.0.